The number of nitrogens with two attached hydrogens (primary N) is 1. The standard InChI is InChI=1S/C29H42N6O5/c1-28(2,39)20-12-10-19(11-13-20)26(37)32-22(14-18-8-6-5-7-9-18)27(38)34-17-21(15-23(34)25(30)36)35-24(16-31-33-35)29(3,4)40/h10-13,16,18,21-23,39-40H,5-9,14-15,17H2,1-4H3,(H2,30,36)(H,32,37)/t21?,22-,23?/m1/s1. The van der Waals surface area contributed by atoms with Gasteiger partial charge in [-0.1, -0.05) is 49.5 Å². The summed E-state index contributed by atoms with van der Waals surface area (Å²) in [5, 5.41) is 31.8. The van der Waals surface area contributed by atoms with Crippen LogP contribution < -0.4 is 11.1 Å². The molecule has 1 aliphatic carbocycles. The molecule has 0 radical (unpaired) electrons. The van der Waals surface area contributed by atoms with Crippen LogP contribution in [-0.2, 0) is 20.8 Å². The molecule has 5 N–H and O–H groups in total. The second kappa shape index (κ2) is 11.7. The van der Waals surface area contributed by atoms with Crippen LogP contribution in [0.1, 0.15) is 100 Å². The van der Waals surface area contributed by atoms with E-state index in [1.54, 1.807) is 56.6 Å². The van der Waals surface area contributed by atoms with Gasteiger partial charge in [0.25, 0.3) is 5.91 Å². The summed E-state index contributed by atoms with van der Waals surface area (Å²) >= 11 is 0. The van der Waals surface area contributed by atoms with Crippen LogP contribution in [0.4, 0.5) is 0 Å². The van der Waals surface area contributed by atoms with Gasteiger partial charge in [-0.25, -0.2) is 4.68 Å². The number of aliphatic hydroxyl groups is 2. The molecule has 2 fully saturated rings. The molecule has 1 aromatic heterocycles. The first kappa shape index (κ1) is 29.7. The molecular weight excluding hydrogens is 512 g/mol. The maximum atomic E-state index is 14.1. The third kappa shape index (κ3) is 6.69. The van der Waals surface area contributed by atoms with Crippen LogP contribution in [0.25, 0.3) is 0 Å². The highest BCUT2D eigenvalue weighted by molar-refractivity contribution is 5.98. The summed E-state index contributed by atoms with van der Waals surface area (Å²) in [6.45, 7) is 6.73. The Balaban J connectivity index is 1.58. The van der Waals surface area contributed by atoms with Crippen molar-refractivity contribution < 1.29 is 24.6 Å². The molecule has 11 heteroatoms. The Kier molecular flexibility index (Phi) is 8.65. The number of rotatable bonds is 9. The fourth-order valence-corrected chi connectivity index (χ4v) is 5.90. The van der Waals surface area contributed by atoms with E-state index >= 15 is 0 Å². The molecule has 1 saturated heterocycles. The van der Waals surface area contributed by atoms with E-state index in [1.807, 2.05) is 0 Å². The van der Waals surface area contributed by atoms with Gasteiger partial charge in [0.2, 0.25) is 11.8 Å². The highest BCUT2D eigenvalue weighted by Crippen LogP contribution is 2.33. The van der Waals surface area contributed by atoms with E-state index in [1.165, 1.54) is 11.1 Å². The van der Waals surface area contributed by atoms with Gasteiger partial charge in [0, 0.05) is 18.5 Å². The Morgan fingerprint density at radius 1 is 1.05 bits per heavy atom. The highest BCUT2D eigenvalue weighted by Gasteiger charge is 2.44. The SMILES string of the molecule is CC(C)(O)c1ccc(C(=O)N[C@H](CC2CCCCC2)C(=O)N2CC(n3nncc3C(C)(C)O)CC2C(N)=O)cc1. The summed E-state index contributed by atoms with van der Waals surface area (Å²) in [6, 6.07) is 4.52. The Morgan fingerprint density at radius 2 is 1.70 bits per heavy atom. The number of likely N-dealkylation sites (tertiary alicyclic amines) is 1. The highest BCUT2D eigenvalue weighted by atomic mass is 16.3. The summed E-state index contributed by atoms with van der Waals surface area (Å²) in [5.41, 5.74) is 5.01. The van der Waals surface area contributed by atoms with Gasteiger partial charge in [-0.05, 0) is 57.7 Å². The van der Waals surface area contributed by atoms with Crippen molar-refractivity contribution in [2.75, 3.05) is 6.54 Å². The Labute approximate surface area is 235 Å². The van der Waals surface area contributed by atoms with Crippen molar-refractivity contribution in [2.45, 2.75) is 102 Å². The van der Waals surface area contributed by atoms with Gasteiger partial charge >= 0.3 is 0 Å². The maximum Gasteiger partial charge on any atom is 0.251 e. The van der Waals surface area contributed by atoms with Crippen LogP contribution in [0.2, 0.25) is 0 Å². The fraction of sp³-hybridized carbons (Fsp3) is 0.621. The van der Waals surface area contributed by atoms with Crippen molar-refractivity contribution in [1.29, 1.82) is 0 Å². The first-order valence-corrected chi connectivity index (χ1v) is 14.1. The molecule has 218 valence electrons. The van der Waals surface area contributed by atoms with E-state index in [4.69, 9.17) is 5.73 Å². The minimum absolute atomic E-state index is 0.149. The van der Waals surface area contributed by atoms with Gasteiger partial charge < -0.3 is 26.2 Å². The lowest BCUT2D eigenvalue weighted by atomic mass is 9.84. The molecule has 1 aromatic carbocycles. The topological polar surface area (TPSA) is 164 Å². The Hall–Kier alpha value is -3.31. The number of carbonyl (C=O) groups is 3. The van der Waals surface area contributed by atoms with E-state index in [2.05, 4.69) is 15.6 Å². The molecule has 2 unspecified atom stereocenters. The molecule has 1 saturated carbocycles. The molecule has 40 heavy (non-hydrogen) atoms. The lowest BCUT2D eigenvalue weighted by Gasteiger charge is -2.31. The molecule has 2 heterocycles. The van der Waals surface area contributed by atoms with E-state index < -0.39 is 41.1 Å². The molecule has 3 amide bonds. The molecule has 2 aliphatic rings. The van der Waals surface area contributed by atoms with Crippen molar-refractivity contribution in [3.05, 3.63) is 47.3 Å². The van der Waals surface area contributed by atoms with E-state index in [0.717, 1.165) is 32.1 Å². The van der Waals surface area contributed by atoms with Crippen molar-refractivity contribution in [2.24, 2.45) is 11.7 Å². The first-order chi connectivity index (χ1) is 18.8. The number of benzene rings is 1. The quantitative estimate of drug-likeness (QED) is 0.369. The van der Waals surface area contributed by atoms with Crippen LogP contribution in [0, 0.1) is 5.92 Å². The summed E-state index contributed by atoms with van der Waals surface area (Å²) in [4.78, 5) is 41.3. The fourth-order valence-electron chi connectivity index (χ4n) is 5.90. The number of amides is 3. The molecule has 11 nitrogen and oxygen atoms in total. The minimum atomic E-state index is -1.22. The van der Waals surface area contributed by atoms with Gasteiger partial charge in [0.05, 0.1) is 23.5 Å². The number of carbonyl (C=O) groups excluding carboxylic acids is 3. The zero-order valence-electron chi connectivity index (χ0n) is 23.8. The van der Waals surface area contributed by atoms with Crippen molar-refractivity contribution >= 4 is 17.7 Å². The molecule has 4 rings (SSSR count). The Morgan fingerprint density at radius 3 is 2.27 bits per heavy atom. The number of nitrogens with one attached hydrogen (secondary N) is 1. The largest absolute Gasteiger partial charge is 0.386 e. The molecule has 2 aromatic rings. The van der Waals surface area contributed by atoms with Gasteiger partial charge in [-0.2, -0.15) is 0 Å². The van der Waals surface area contributed by atoms with E-state index in [-0.39, 0.29) is 24.8 Å². The number of nitrogens with zero attached hydrogens (tertiary/aromatic N) is 4. The predicted molar refractivity (Wildman–Crippen MR) is 148 cm³/mol. The third-order valence-electron chi connectivity index (χ3n) is 8.19. The van der Waals surface area contributed by atoms with Crippen LogP contribution >= 0.6 is 0 Å². The second-order valence-corrected chi connectivity index (χ2v) is 12.3. The van der Waals surface area contributed by atoms with Crippen LogP contribution in [-0.4, -0.2) is 66.5 Å². The lowest BCUT2D eigenvalue weighted by Crippen LogP contribution is -2.53. The van der Waals surface area contributed by atoms with Crippen LogP contribution in [0.3, 0.4) is 0 Å². The summed E-state index contributed by atoms with van der Waals surface area (Å²) in [6.07, 6.45) is 7.46. The zero-order valence-corrected chi connectivity index (χ0v) is 23.8. The molecule has 1 aliphatic heterocycles. The Bertz CT molecular complexity index is 1210. The van der Waals surface area contributed by atoms with Crippen molar-refractivity contribution in [3.8, 4) is 0 Å². The normalized spacial score (nSPS) is 21.3. The molecule has 0 spiro atoms. The van der Waals surface area contributed by atoms with Gasteiger partial charge in [0.1, 0.15) is 17.7 Å². The summed E-state index contributed by atoms with van der Waals surface area (Å²) in [5.74, 6) is -1.11. The maximum absolute atomic E-state index is 14.1. The molecule has 0 bridgehead atoms. The average Bonchev–Trinajstić information content (AvgIpc) is 3.56. The molecular formula is C29H42N6O5. The average molecular weight is 555 g/mol. The number of aromatic nitrogens is 3. The predicted octanol–water partition coefficient (Wildman–Crippen LogP) is 2.13. The summed E-state index contributed by atoms with van der Waals surface area (Å²) < 4.78 is 1.56. The minimum Gasteiger partial charge on any atom is -0.386 e. The monoisotopic (exact) mass is 554 g/mol. The van der Waals surface area contributed by atoms with E-state index in [0.29, 0.717) is 23.2 Å². The smallest absolute Gasteiger partial charge is 0.251 e. The molecule has 3 atom stereocenters. The number of hydrogen-bond donors (Lipinski definition) is 4. The number of primary amides is 1. The lowest BCUT2D eigenvalue weighted by molar-refractivity contribution is -0.139. The van der Waals surface area contributed by atoms with Crippen molar-refractivity contribution in [1.82, 2.24) is 25.2 Å². The first-order valence-electron chi connectivity index (χ1n) is 14.1. The third-order valence-corrected chi connectivity index (χ3v) is 8.19. The zero-order chi connectivity index (χ0) is 29.2. The van der Waals surface area contributed by atoms with Gasteiger partial charge in [-0.15, -0.1) is 5.10 Å². The van der Waals surface area contributed by atoms with E-state index in [9.17, 15) is 24.6 Å². The van der Waals surface area contributed by atoms with Gasteiger partial charge in [0.15, 0.2) is 0 Å². The van der Waals surface area contributed by atoms with Gasteiger partial charge in [-0.3, -0.25) is 14.4 Å². The number of hydrogen-bond acceptors (Lipinski definition) is 7. The van der Waals surface area contributed by atoms with Crippen LogP contribution in [0.15, 0.2) is 30.5 Å². The van der Waals surface area contributed by atoms with Crippen LogP contribution in [0.5, 0.6) is 0 Å². The van der Waals surface area contributed by atoms with Crippen molar-refractivity contribution in [3.63, 3.8) is 0 Å². The second-order valence-electron chi connectivity index (χ2n) is 12.3. The summed E-state index contributed by atoms with van der Waals surface area (Å²) in [7, 11) is 0.